The number of fused-ring (bicyclic) bond motifs is 1. The molecule has 1 atom stereocenters. The molecule has 3 heteroatoms. The molecule has 0 aliphatic heterocycles. The maximum Gasteiger partial charge on any atom is 0.137 e. The minimum absolute atomic E-state index is 0.266. The first-order chi connectivity index (χ1) is 6.72. The van der Waals surface area contributed by atoms with Crippen LogP contribution in [0, 0.1) is 0 Å². The molecular formula is C11H12ClNO. The second kappa shape index (κ2) is 3.64. The molecule has 2 nitrogen and oxygen atoms in total. The molecule has 2 N–H and O–H groups in total. The topological polar surface area (TPSA) is 39.2 Å². The average molecular weight is 210 g/mol. The van der Waals surface area contributed by atoms with Gasteiger partial charge in [-0.25, -0.2) is 0 Å². The van der Waals surface area contributed by atoms with Crippen LogP contribution in [0.5, 0.6) is 0 Å². The van der Waals surface area contributed by atoms with E-state index in [1.165, 1.54) is 0 Å². The summed E-state index contributed by atoms with van der Waals surface area (Å²) in [4.78, 5) is 0. The highest BCUT2D eigenvalue weighted by molar-refractivity contribution is 6.31. The molecule has 1 aromatic carbocycles. The van der Waals surface area contributed by atoms with E-state index in [0.717, 1.165) is 21.6 Å². The fourth-order valence-corrected chi connectivity index (χ4v) is 1.80. The third kappa shape index (κ3) is 1.51. The largest absolute Gasteiger partial charge is 0.464 e. The summed E-state index contributed by atoms with van der Waals surface area (Å²) in [6.45, 7) is 2.66. The van der Waals surface area contributed by atoms with Gasteiger partial charge in [0, 0.05) is 16.0 Å². The van der Waals surface area contributed by atoms with Crippen LogP contribution in [0.15, 0.2) is 28.9 Å². The Hall–Kier alpha value is -0.990. The highest BCUT2D eigenvalue weighted by Gasteiger charge is 2.11. The van der Waals surface area contributed by atoms with Gasteiger partial charge in [-0.05, 0) is 30.7 Å². The van der Waals surface area contributed by atoms with Gasteiger partial charge in [0.2, 0.25) is 0 Å². The van der Waals surface area contributed by atoms with Gasteiger partial charge in [-0.3, -0.25) is 0 Å². The van der Waals surface area contributed by atoms with Crippen molar-refractivity contribution in [2.75, 3.05) is 6.54 Å². The summed E-state index contributed by atoms with van der Waals surface area (Å²) in [5, 5.41) is 1.77. The van der Waals surface area contributed by atoms with Crippen LogP contribution in [0.3, 0.4) is 0 Å². The van der Waals surface area contributed by atoms with Crippen molar-refractivity contribution in [3.63, 3.8) is 0 Å². The van der Waals surface area contributed by atoms with Crippen molar-refractivity contribution >= 4 is 22.6 Å². The number of halogens is 1. The number of benzene rings is 1. The molecule has 1 heterocycles. The van der Waals surface area contributed by atoms with Crippen molar-refractivity contribution in [1.29, 1.82) is 0 Å². The third-order valence-electron chi connectivity index (χ3n) is 2.43. The van der Waals surface area contributed by atoms with Crippen molar-refractivity contribution in [1.82, 2.24) is 0 Å². The van der Waals surface area contributed by atoms with E-state index in [0.29, 0.717) is 6.54 Å². The van der Waals surface area contributed by atoms with Crippen LogP contribution in [0.2, 0.25) is 5.02 Å². The Morgan fingerprint density at radius 3 is 3.00 bits per heavy atom. The van der Waals surface area contributed by atoms with Gasteiger partial charge in [0.15, 0.2) is 0 Å². The van der Waals surface area contributed by atoms with Crippen LogP contribution in [-0.2, 0) is 0 Å². The normalized spacial score (nSPS) is 13.4. The second-order valence-electron chi connectivity index (χ2n) is 3.47. The van der Waals surface area contributed by atoms with Crippen LogP contribution in [-0.4, -0.2) is 6.54 Å². The fourth-order valence-electron chi connectivity index (χ4n) is 1.56. The van der Waals surface area contributed by atoms with Crippen LogP contribution in [0.1, 0.15) is 18.4 Å². The molecule has 1 aromatic heterocycles. The Kier molecular flexibility index (Phi) is 2.48. The Labute approximate surface area is 87.6 Å². The molecule has 1 unspecified atom stereocenters. The minimum Gasteiger partial charge on any atom is -0.464 e. The van der Waals surface area contributed by atoms with Gasteiger partial charge in [-0.1, -0.05) is 18.5 Å². The van der Waals surface area contributed by atoms with Crippen LogP contribution in [0.25, 0.3) is 11.0 Å². The van der Waals surface area contributed by atoms with E-state index in [9.17, 15) is 0 Å². The number of furan rings is 1. The van der Waals surface area contributed by atoms with E-state index in [1.54, 1.807) is 6.26 Å². The molecule has 0 spiro atoms. The smallest absolute Gasteiger partial charge is 0.137 e. The quantitative estimate of drug-likeness (QED) is 0.826. The lowest BCUT2D eigenvalue weighted by Gasteiger charge is -2.09. The molecule has 0 saturated carbocycles. The van der Waals surface area contributed by atoms with Gasteiger partial charge in [-0.2, -0.15) is 0 Å². The Morgan fingerprint density at radius 1 is 1.50 bits per heavy atom. The summed E-state index contributed by atoms with van der Waals surface area (Å²) in [7, 11) is 0. The zero-order valence-corrected chi connectivity index (χ0v) is 8.71. The molecule has 14 heavy (non-hydrogen) atoms. The molecule has 0 radical (unpaired) electrons. The monoisotopic (exact) mass is 209 g/mol. The summed E-state index contributed by atoms with van der Waals surface area (Å²) in [6, 6.07) is 5.73. The predicted molar refractivity (Wildman–Crippen MR) is 58.7 cm³/mol. The maximum atomic E-state index is 6.00. The molecule has 2 aromatic rings. The minimum atomic E-state index is 0.266. The number of nitrogens with two attached hydrogens (primary N) is 1. The summed E-state index contributed by atoms with van der Waals surface area (Å²) in [6.07, 6.45) is 1.67. The summed E-state index contributed by atoms with van der Waals surface area (Å²) in [5.74, 6) is 0.266. The van der Waals surface area contributed by atoms with Crippen LogP contribution < -0.4 is 5.73 Å². The predicted octanol–water partition coefficient (Wildman–Crippen LogP) is 3.15. The molecule has 0 aliphatic carbocycles. The Balaban J connectivity index is 2.66. The Bertz CT molecular complexity index is 449. The molecule has 2 rings (SSSR count). The molecule has 0 saturated heterocycles. The molecular weight excluding hydrogens is 198 g/mol. The van der Waals surface area contributed by atoms with Crippen molar-refractivity contribution in [2.24, 2.45) is 5.73 Å². The zero-order valence-electron chi connectivity index (χ0n) is 7.96. The third-order valence-corrected chi connectivity index (χ3v) is 2.65. The van der Waals surface area contributed by atoms with Gasteiger partial charge in [0.05, 0.1) is 6.26 Å². The second-order valence-corrected chi connectivity index (χ2v) is 3.91. The summed E-state index contributed by atoms with van der Waals surface area (Å²) < 4.78 is 5.41. The lowest BCUT2D eigenvalue weighted by molar-refractivity contribution is 0.604. The number of rotatable bonds is 2. The first kappa shape index (κ1) is 9.56. The standard InChI is InChI=1S/C11H12ClNO/c1-7(6-13)10-5-9(12)4-8-2-3-14-11(8)10/h2-5,7H,6,13H2,1H3. The average Bonchev–Trinajstić information content (AvgIpc) is 2.62. The Morgan fingerprint density at radius 2 is 2.29 bits per heavy atom. The zero-order chi connectivity index (χ0) is 10.1. The molecule has 0 aliphatic rings. The summed E-state index contributed by atoms with van der Waals surface area (Å²) >= 11 is 6.00. The first-order valence-electron chi connectivity index (χ1n) is 4.59. The molecule has 0 bridgehead atoms. The van der Waals surface area contributed by atoms with E-state index in [-0.39, 0.29) is 5.92 Å². The van der Waals surface area contributed by atoms with Crippen molar-refractivity contribution < 1.29 is 4.42 Å². The lowest BCUT2D eigenvalue weighted by Crippen LogP contribution is -2.08. The molecule has 0 fully saturated rings. The number of hydrogen-bond acceptors (Lipinski definition) is 2. The molecule has 74 valence electrons. The van der Waals surface area contributed by atoms with Gasteiger partial charge in [0.25, 0.3) is 0 Å². The number of hydrogen-bond donors (Lipinski definition) is 1. The van der Waals surface area contributed by atoms with Crippen molar-refractivity contribution in [2.45, 2.75) is 12.8 Å². The highest BCUT2D eigenvalue weighted by Crippen LogP contribution is 2.29. The highest BCUT2D eigenvalue weighted by atomic mass is 35.5. The first-order valence-corrected chi connectivity index (χ1v) is 4.97. The van der Waals surface area contributed by atoms with Crippen LogP contribution in [0.4, 0.5) is 0 Å². The van der Waals surface area contributed by atoms with Gasteiger partial charge in [0.1, 0.15) is 5.58 Å². The fraction of sp³-hybridized carbons (Fsp3) is 0.273. The van der Waals surface area contributed by atoms with E-state index >= 15 is 0 Å². The van der Waals surface area contributed by atoms with E-state index in [2.05, 4.69) is 6.92 Å². The van der Waals surface area contributed by atoms with E-state index in [1.807, 2.05) is 18.2 Å². The summed E-state index contributed by atoms with van der Waals surface area (Å²) in [5.41, 5.74) is 7.61. The lowest BCUT2D eigenvalue weighted by atomic mass is 10.00. The van der Waals surface area contributed by atoms with Gasteiger partial charge < -0.3 is 10.2 Å². The SMILES string of the molecule is CC(CN)c1cc(Cl)cc2ccoc12. The van der Waals surface area contributed by atoms with E-state index in [4.69, 9.17) is 21.8 Å². The van der Waals surface area contributed by atoms with Crippen molar-refractivity contribution in [3.05, 3.63) is 35.0 Å². The van der Waals surface area contributed by atoms with E-state index < -0.39 is 0 Å². The maximum absolute atomic E-state index is 6.00. The van der Waals surface area contributed by atoms with Crippen LogP contribution >= 0.6 is 11.6 Å². The van der Waals surface area contributed by atoms with Gasteiger partial charge >= 0.3 is 0 Å². The molecule has 0 amide bonds. The van der Waals surface area contributed by atoms with Gasteiger partial charge in [-0.15, -0.1) is 0 Å². The van der Waals surface area contributed by atoms with Crippen molar-refractivity contribution in [3.8, 4) is 0 Å².